The smallest absolute Gasteiger partial charge is 0.198 e. The van der Waals surface area contributed by atoms with Crippen LogP contribution in [0.25, 0.3) is 0 Å². The highest BCUT2D eigenvalue weighted by Gasteiger charge is 2.39. The van der Waals surface area contributed by atoms with E-state index in [1.54, 1.807) is 0 Å². The van der Waals surface area contributed by atoms with Gasteiger partial charge in [-0.25, -0.2) is 5.01 Å². The number of amidine groups is 1. The standard InChI is InChI=1S/C29H23Cl2N3O2/c1-20(35)28-32-34(26-5-3-2-4-6-26)29(33(28)25-15-13-24(31)14-16-25)22-9-17-27(18-10-22)36-19-21-7-11-23(30)12-8-21/h2-18,29H,19H2,1H3/t29-/m0/s1. The van der Waals surface area contributed by atoms with Crippen molar-refractivity contribution in [2.24, 2.45) is 5.10 Å². The van der Waals surface area contributed by atoms with Crippen molar-refractivity contribution < 1.29 is 9.53 Å². The van der Waals surface area contributed by atoms with Crippen LogP contribution in [0.5, 0.6) is 5.75 Å². The van der Waals surface area contributed by atoms with Crippen LogP contribution in [0.4, 0.5) is 11.4 Å². The van der Waals surface area contributed by atoms with E-state index in [1.165, 1.54) is 6.92 Å². The molecule has 5 rings (SSSR count). The maximum atomic E-state index is 12.7. The Balaban J connectivity index is 1.48. The van der Waals surface area contributed by atoms with Gasteiger partial charge in [-0.3, -0.25) is 9.69 Å². The maximum Gasteiger partial charge on any atom is 0.198 e. The van der Waals surface area contributed by atoms with Gasteiger partial charge in [0, 0.05) is 22.7 Å². The Morgan fingerprint density at radius 1 is 0.806 bits per heavy atom. The SMILES string of the molecule is CC(=O)C1=NN(c2ccccc2)[C@@H](c2ccc(OCc3ccc(Cl)cc3)cc2)N1c1ccc(Cl)cc1. The number of ketones is 1. The summed E-state index contributed by atoms with van der Waals surface area (Å²) in [4.78, 5) is 14.6. The zero-order valence-electron chi connectivity index (χ0n) is 19.5. The number of Topliss-reactive ketones (excluding diaryl/α,β-unsaturated/α-hetero) is 1. The molecule has 36 heavy (non-hydrogen) atoms. The third kappa shape index (κ3) is 5.08. The van der Waals surface area contributed by atoms with Gasteiger partial charge in [-0.1, -0.05) is 65.7 Å². The lowest BCUT2D eigenvalue weighted by molar-refractivity contribution is -0.111. The molecule has 0 fully saturated rings. The summed E-state index contributed by atoms with van der Waals surface area (Å²) in [6, 6.07) is 32.7. The maximum absolute atomic E-state index is 12.7. The molecule has 4 aromatic rings. The number of para-hydroxylation sites is 1. The minimum absolute atomic E-state index is 0.128. The molecule has 1 heterocycles. The number of halogens is 2. The molecule has 1 aliphatic heterocycles. The van der Waals surface area contributed by atoms with Crippen LogP contribution in [0.3, 0.4) is 0 Å². The third-order valence-corrected chi connectivity index (χ3v) is 6.35. The number of benzene rings is 4. The van der Waals surface area contributed by atoms with Gasteiger partial charge < -0.3 is 4.74 Å². The fraction of sp³-hybridized carbons (Fsp3) is 0.103. The molecule has 1 aliphatic rings. The predicted octanol–water partition coefficient (Wildman–Crippen LogP) is 7.50. The fourth-order valence-electron chi connectivity index (χ4n) is 4.09. The van der Waals surface area contributed by atoms with Crippen LogP contribution in [0.15, 0.2) is 108 Å². The van der Waals surface area contributed by atoms with Gasteiger partial charge in [0.05, 0.1) is 5.69 Å². The van der Waals surface area contributed by atoms with E-state index in [1.807, 2.05) is 113 Å². The van der Waals surface area contributed by atoms with Crippen LogP contribution in [-0.4, -0.2) is 11.6 Å². The van der Waals surface area contributed by atoms with E-state index in [0.717, 1.165) is 28.3 Å². The lowest BCUT2D eigenvalue weighted by atomic mass is 10.1. The van der Waals surface area contributed by atoms with Gasteiger partial charge in [0.15, 0.2) is 17.8 Å². The second kappa shape index (κ2) is 10.4. The number of ether oxygens (including phenoxy) is 1. The van der Waals surface area contributed by atoms with Crippen LogP contribution in [0.2, 0.25) is 10.0 Å². The first-order chi connectivity index (χ1) is 17.5. The predicted molar refractivity (Wildman–Crippen MR) is 146 cm³/mol. The van der Waals surface area contributed by atoms with Crippen LogP contribution in [0.1, 0.15) is 24.2 Å². The molecule has 0 aromatic heterocycles. The van der Waals surface area contributed by atoms with Crippen molar-refractivity contribution in [2.75, 3.05) is 9.91 Å². The number of hydrogen-bond acceptors (Lipinski definition) is 5. The van der Waals surface area contributed by atoms with Crippen LogP contribution < -0.4 is 14.6 Å². The van der Waals surface area contributed by atoms with E-state index in [4.69, 9.17) is 33.0 Å². The molecular formula is C29H23Cl2N3O2. The number of anilines is 2. The molecule has 0 saturated heterocycles. The molecule has 0 aliphatic carbocycles. The van der Waals surface area contributed by atoms with Crippen molar-refractivity contribution in [3.63, 3.8) is 0 Å². The topological polar surface area (TPSA) is 45.1 Å². The number of hydrazone groups is 1. The van der Waals surface area contributed by atoms with E-state index in [0.29, 0.717) is 22.5 Å². The molecule has 0 radical (unpaired) electrons. The Bertz CT molecular complexity index is 1370. The first-order valence-corrected chi connectivity index (χ1v) is 12.2. The fourth-order valence-corrected chi connectivity index (χ4v) is 4.34. The molecule has 5 nitrogen and oxygen atoms in total. The van der Waals surface area contributed by atoms with Gasteiger partial charge in [-0.05, 0) is 71.8 Å². The second-order valence-electron chi connectivity index (χ2n) is 8.36. The van der Waals surface area contributed by atoms with Crippen molar-refractivity contribution in [3.8, 4) is 5.75 Å². The van der Waals surface area contributed by atoms with Gasteiger partial charge in [-0.15, -0.1) is 5.10 Å². The summed E-state index contributed by atoms with van der Waals surface area (Å²) >= 11 is 12.1. The number of carbonyl (C=O) groups excluding carboxylic acids is 1. The molecule has 0 N–H and O–H groups in total. The molecule has 7 heteroatoms. The average molecular weight is 516 g/mol. The summed E-state index contributed by atoms with van der Waals surface area (Å²) in [6.45, 7) is 1.96. The van der Waals surface area contributed by atoms with Crippen LogP contribution in [0, 0.1) is 0 Å². The van der Waals surface area contributed by atoms with Gasteiger partial charge in [0.1, 0.15) is 12.4 Å². The quantitative estimate of drug-likeness (QED) is 0.255. The first kappa shape index (κ1) is 23.9. The van der Waals surface area contributed by atoms with Crippen molar-refractivity contribution in [1.29, 1.82) is 0 Å². The van der Waals surface area contributed by atoms with Crippen molar-refractivity contribution in [1.82, 2.24) is 0 Å². The monoisotopic (exact) mass is 515 g/mol. The van der Waals surface area contributed by atoms with Crippen LogP contribution in [-0.2, 0) is 11.4 Å². The number of hydrogen-bond donors (Lipinski definition) is 0. The van der Waals surface area contributed by atoms with Gasteiger partial charge in [0.2, 0.25) is 0 Å². The Labute approximate surface area is 220 Å². The van der Waals surface area contributed by atoms with E-state index in [-0.39, 0.29) is 11.9 Å². The van der Waals surface area contributed by atoms with Gasteiger partial charge >= 0.3 is 0 Å². The van der Waals surface area contributed by atoms with Gasteiger partial charge in [0.25, 0.3) is 0 Å². The summed E-state index contributed by atoms with van der Waals surface area (Å²) in [7, 11) is 0. The first-order valence-electron chi connectivity index (χ1n) is 11.5. The normalized spacial score (nSPS) is 15.1. The van der Waals surface area contributed by atoms with E-state index < -0.39 is 0 Å². The summed E-state index contributed by atoms with van der Waals surface area (Å²) in [5.74, 6) is 0.967. The Hall–Kier alpha value is -3.80. The highest BCUT2D eigenvalue weighted by atomic mass is 35.5. The van der Waals surface area contributed by atoms with Gasteiger partial charge in [-0.2, -0.15) is 0 Å². The lowest BCUT2D eigenvalue weighted by Gasteiger charge is -2.32. The molecule has 0 saturated carbocycles. The number of nitrogens with zero attached hydrogens (tertiary/aromatic N) is 3. The third-order valence-electron chi connectivity index (χ3n) is 5.84. The summed E-state index contributed by atoms with van der Waals surface area (Å²) in [5.41, 5.74) is 3.68. The summed E-state index contributed by atoms with van der Waals surface area (Å²) in [5, 5.41) is 7.94. The molecule has 4 aromatic carbocycles. The Morgan fingerprint density at radius 2 is 1.42 bits per heavy atom. The zero-order valence-corrected chi connectivity index (χ0v) is 21.0. The van der Waals surface area contributed by atoms with Crippen molar-refractivity contribution in [3.05, 3.63) is 124 Å². The molecule has 180 valence electrons. The molecule has 0 unspecified atom stereocenters. The molecule has 0 spiro atoms. The van der Waals surface area contributed by atoms with Crippen LogP contribution >= 0.6 is 23.2 Å². The van der Waals surface area contributed by atoms with E-state index in [9.17, 15) is 4.79 Å². The Morgan fingerprint density at radius 3 is 2.03 bits per heavy atom. The zero-order chi connectivity index (χ0) is 25.1. The molecule has 0 amide bonds. The molecular weight excluding hydrogens is 493 g/mol. The van der Waals surface area contributed by atoms with Crippen molar-refractivity contribution in [2.45, 2.75) is 19.7 Å². The minimum Gasteiger partial charge on any atom is -0.489 e. The minimum atomic E-state index is -0.377. The number of rotatable bonds is 7. The summed E-state index contributed by atoms with van der Waals surface area (Å²) in [6.07, 6.45) is -0.377. The summed E-state index contributed by atoms with van der Waals surface area (Å²) < 4.78 is 5.98. The Kier molecular flexibility index (Phi) is 6.94. The second-order valence-corrected chi connectivity index (χ2v) is 9.24. The molecule has 0 bridgehead atoms. The highest BCUT2D eigenvalue weighted by Crippen LogP contribution is 2.39. The largest absolute Gasteiger partial charge is 0.489 e. The van der Waals surface area contributed by atoms with E-state index >= 15 is 0 Å². The molecule has 1 atom stereocenters. The number of carbonyl (C=O) groups is 1. The average Bonchev–Trinajstić information content (AvgIpc) is 3.31. The van der Waals surface area contributed by atoms with E-state index in [2.05, 4.69) is 0 Å². The van der Waals surface area contributed by atoms with Crippen molar-refractivity contribution >= 4 is 46.2 Å². The lowest BCUT2D eigenvalue weighted by Crippen LogP contribution is -2.37. The highest BCUT2D eigenvalue weighted by molar-refractivity contribution is 6.44.